The highest BCUT2D eigenvalue weighted by atomic mass is 15.2. The van der Waals surface area contributed by atoms with Gasteiger partial charge in [0.05, 0.1) is 11.9 Å². The van der Waals surface area contributed by atoms with Gasteiger partial charge < -0.3 is 10.2 Å². The van der Waals surface area contributed by atoms with Gasteiger partial charge in [0, 0.05) is 31.4 Å². The summed E-state index contributed by atoms with van der Waals surface area (Å²) in [4.78, 5) is 11.7. The molecule has 1 fully saturated rings. The summed E-state index contributed by atoms with van der Waals surface area (Å²) >= 11 is 0. The van der Waals surface area contributed by atoms with E-state index in [0.29, 0.717) is 12.1 Å². The highest BCUT2D eigenvalue weighted by Gasteiger charge is 2.23. The molecule has 0 aromatic carbocycles. The van der Waals surface area contributed by atoms with Crippen LogP contribution < -0.4 is 10.2 Å². The second kappa shape index (κ2) is 7.58. The number of aromatic nitrogens is 2. The minimum atomic E-state index is 0.475. The molecule has 112 valence electrons. The molecular weight excluding hydrogens is 248 g/mol. The molecule has 1 N–H and O–H groups in total. The lowest BCUT2D eigenvalue weighted by molar-refractivity contribution is 0.431. The molecule has 0 aliphatic carbocycles. The fourth-order valence-corrected chi connectivity index (χ4v) is 2.86. The molecule has 1 aliphatic rings. The van der Waals surface area contributed by atoms with E-state index >= 15 is 0 Å². The minimum Gasteiger partial charge on any atom is -0.352 e. The van der Waals surface area contributed by atoms with Gasteiger partial charge in [-0.25, -0.2) is 4.98 Å². The van der Waals surface area contributed by atoms with Crippen LogP contribution in [-0.2, 0) is 6.54 Å². The van der Waals surface area contributed by atoms with Crippen LogP contribution in [0, 0.1) is 0 Å². The monoisotopic (exact) mass is 276 g/mol. The second-order valence-electron chi connectivity index (χ2n) is 6.04. The van der Waals surface area contributed by atoms with Gasteiger partial charge in [-0.1, -0.05) is 27.2 Å². The summed E-state index contributed by atoms with van der Waals surface area (Å²) in [5.41, 5.74) is 1.04. The molecule has 1 saturated heterocycles. The largest absolute Gasteiger partial charge is 0.352 e. The molecule has 4 heteroatoms. The zero-order valence-corrected chi connectivity index (χ0v) is 13.1. The van der Waals surface area contributed by atoms with E-state index in [1.54, 1.807) is 0 Å². The van der Waals surface area contributed by atoms with Crippen molar-refractivity contribution in [1.29, 1.82) is 0 Å². The summed E-state index contributed by atoms with van der Waals surface area (Å²) in [5.74, 6) is 1.06. The number of hydrogen-bond donors (Lipinski definition) is 1. The Morgan fingerprint density at radius 2 is 2.20 bits per heavy atom. The maximum absolute atomic E-state index is 4.80. The summed E-state index contributed by atoms with van der Waals surface area (Å²) in [5, 5.41) is 3.41. The van der Waals surface area contributed by atoms with Crippen molar-refractivity contribution < 1.29 is 0 Å². The summed E-state index contributed by atoms with van der Waals surface area (Å²) in [6, 6.07) is 1.12. The zero-order chi connectivity index (χ0) is 14.4. The van der Waals surface area contributed by atoms with E-state index in [-0.39, 0.29) is 0 Å². The smallest absolute Gasteiger partial charge is 0.147 e. The summed E-state index contributed by atoms with van der Waals surface area (Å²) in [6.45, 7) is 8.49. The molecule has 4 nitrogen and oxygen atoms in total. The molecular formula is C16H28N4. The molecule has 2 heterocycles. The third-order valence-electron chi connectivity index (χ3n) is 3.91. The molecule has 0 saturated carbocycles. The Morgan fingerprint density at radius 3 is 2.95 bits per heavy atom. The van der Waals surface area contributed by atoms with Crippen LogP contribution in [0.5, 0.6) is 0 Å². The third-order valence-corrected chi connectivity index (χ3v) is 3.91. The number of anilines is 1. The third kappa shape index (κ3) is 4.17. The molecule has 2 rings (SSSR count). The van der Waals surface area contributed by atoms with Gasteiger partial charge in [0.15, 0.2) is 0 Å². The lowest BCUT2D eigenvalue weighted by atomic mass is 9.98. The van der Waals surface area contributed by atoms with Crippen LogP contribution in [0.15, 0.2) is 12.4 Å². The van der Waals surface area contributed by atoms with Crippen molar-refractivity contribution in [3.8, 4) is 0 Å². The van der Waals surface area contributed by atoms with E-state index in [0.717, 1.165) is 24.6 Å². The molecule has 1 unspecified atom stereocenters. The van der Waals surface area contributed by atoms with E-state index in [1.807, 2.05) is 12.4 Å². The fraction of sp³-hybridized carbons (Fsp3) is 0.750. The van der Waals surface area contributed by atoms with E-state index in [2.05, 4.69) is 36.0 Å². The Hall–Kier alpha value is -1.16. The Bertz CT molecular complexity index is 403. The predicted octanol–water partition coefficient (Wildman–Crippen LogP) is 3.13. The van der Waals surface area contributed by atoms with Gasteiger partial charge in [0.2, 0.25) is 0 Å². The van der Waals surface area contributed by atoms with Crippen molar-refractivity contribution in [1.82, 2.24) is 15.3 Å². The van der Waals surface area contributed by atoms with Crippen LogP contribution in [-0.4, -0.2) is 28.6 Å². The maximum Gasteiger partial charge on any atom is 0.147 e. The first-order valence-corrected chi connectivity index (χ1v) is 8.01. The molecule has 1 aromatic rings. The van der Waals surface area contributed by atoms with Crippen LogP contribution in [0.3, 0.4) is 0 Å². The van der Waals surface area contributed by atoms with Gasteiger partial charge in [-0.2, -0.15) is 0 Å². The van der Waals surface area contributed by atoms with E-state index in [1.165, 1.54) is 32.1 Å². The van der Waals surface area contributed by atoms with E-state index in [9.17, 15) is 0 Å². The number of rotatable bonds is 6. The Kier molecular flexibility index (Phi) is 5.77. The first-order valence-electron chi connectivity index (χ1n) is 8.01. The normalized spacial score (nSPS) is 19.6. The molecule has 0 bridgehead atoms. The number of nitrogens with zero attached hydrogens (tertiary/aromatic N) is 3. The van der Waals surface area contributed by atoms with Crippen molar-refractivity contribution in [3.05, 3.63) is 18.1 Å². The van der Waals surface area contributed by atoms with Crippen LogP contribution in [0.1, 0.15) is 58.6 Å². The first-order chi connectivity index (χ1) is 9.70. The SMILES string of the molecule is CCCC1CCCCN1c1cncc(CNC(C)C)n1. The van der Waals surface area contributed by atoms with Crippen molar-refractivity contribution in [3.63, 3.8) is 0 Å². The summed E-state index contributed by atoms with van der Waals surface area (Å²) < 4.78 is 0. The predicted molar refractivity (Wildman–Crippen MR) is 83.9 cm³/mol. The lowest BCUT2D eigenvalue weighted by Gasteiger charge is -2.36. The van der Waals surface area contributed by atoms with Crippen molar-refractivity contribution in [2.75, 3.05) is 11.4 Å². The van der Waals surface area contributed by atoms with Gasteiger partial charge in [0.25, 0.3) is 0 Å². The number of hydrogen-bond acceptors (Lipinski definition) is 4. The van der Waals surface area contributed by atoms with Gasteiger partial charge in [-0.15, -0.1) is 0 Å². The molecule has 1 aliphatic heterocycles. The van der Waals surface area contributed by atoms with Crippen molar-refractivity contribution >= 4 is 5.82 Å². The van der Waals surface area contributed by atoms with Gasteiger partial charge in [-0.3, -0.25) is 4.98 Å². The van der Waals surface area contributed by atoms with Crippen LogP contribution >= 0.6 is 0 Å². The second-order valence-corrected chi connectivity index (χ2v) is 6.04. The number of nitrogens with one attached hydrogen (secondary N) is 1. The van der Waals surface area contributed by atoms with Crippen LogP contribution in [0.4, 0.5) is 5.82 Å². The standard InChI is InChI=1S/C16H28N4/c1-4-7-15-8-5-6-9-20(15)16-12-17-10-14(19-16)11-18-13(2)3/h10,12-13,15,18H,4-9,11H2,1-3H3. The highest BCUT2D eigenvalue weighted by Crippen LogP contribution is 2.25. The van der Waals surface area contributed by atoms with Crippen molar-refractivity contribution in [2.45, 2.75) is 71.5 Å². The Morgan fingerprint density at radius 1 is 1.35 bits per heavy atom. The van der Waals surface area contributed by atoms with E-state index < -0.39 is 0 Å². The maximum atomic E-state index is 4.80. The number of piperidine rings is 1. The molecule has 20 heavy (non-hydrogen) atoms. The summed E-state index contributed by atoms with van der Waals surface area (Å²) in [7, 11) is 0. The first kappa shape index (κ1) is 15.2. The molecule has 1 atom stereocenters. The Labute approximate surface area is 123 Å². The molecule has 1 aromatic heterocycles. The van der Waals surface area contributed by atoms with E-state index in [4.69, 9.17) is 4.98 Å². The minimum absolute atomic E-state index is 0.475. The Balaban J connectivity index is 2.07. The average molecular weight is 276 g/mol. The zero-order valence-electron chi connectivity index (χ0n) is 13.1. The molecule has 0 radical (unpaired) electrons. The molecule has 0 amide bonds. The topological polar surface area (TPSA) is 41.1 Å². The average Bonchev–Trinajstić information content (AvgIpc) is 2.46. The van der Waals surface area contributed by atoms with Crippen LogP contribution in [0.25, 0.3) is 0 Å². The highest BCUT2D eigenvalue weighted by molar-refractivity contribution is 5.38. The lowest BCUT2D eigenvalue weighted by Crippen LogP contribution is -2.40. The van der Waals surface area contributed by atoms with Crippen molar-refractivity contribution in [2.24, 2.45) is 0 Å². The van der Waals surface area contributed by atoms with Gasteiger partial charge in [-0.05, 0) is 25.7 Å². The van der Waals surface area contributed by atoms with Crippen LogP contribution in [0.2, 0.25) is 0 Å². The quantitative estimate of drug-likeness (QED) is 0.866. The summed E-state index contributed by atoms with van der Waals surface area (Å²) in [6.07, 6.45) is 10.2. The van der Waals surface area contributed by atoms with Gasteiger partial charge in [0.1, 0.15) is 5.82 Å². The molecule has 0 spiro atoms. The van der Waals surface area contributed by atoms with Gasteiger partial charge >= 0.3 is 0 Å². The fourth-order valence-electron chi connectivity index (χ4n) is 2.86.